The van der Waals surface area contributed by atoms with Gasteiger partial charge in [0.1, 0.15) is 0 Å². The fraction of sp³-hybridized carbons (Fsp3) is 0. The molecule has 1 heterocycles. The Morgan fingerprint density at radius 2 is 1.80 bits per heavy atom. The molecule has 5 nitrogen and oxygen atoms in total. The van der Waals surface area contributed by atoms with Gasteiger partial charge in [-0.25, -0.2) is 9.97 Å². The van der Waals surface area contributed by atoms with Gasteiger partial charge in [0.15, 0.2) is 5.16 Å². The Labute approximate surface area is 118 Å². The van der Waals surface area contributed by atoms with E-state index in [0.29, 0.717) is 5.16 Å². The van der Waals surface area contributed by atoms with E-state index in [1.807, 2.05) is 24.3 Å². The first-order valence-electron chi connectivity index (χ1n) is 5.86. The summed E-state index contributed by atoms with van der Waals surface area (Å²) in [5.74, 6) is 0. The van der Waals surface area contributed by atoms with Crippen LogP contribution in [0.25, 0.3) is 10.9 Å². The van der Waals surface area contributed by atoms with Crippen molar-refractivity contribution in [3.63, 3.8) is 0 Å². The van der Waals surface area contributed by atoms with Crippen molar-refractivity contribution in [1.29, 1.82) is 0 Å². The molecule has 0 saturated heterocycles. The van der Waals surface area contributed by atoms with Crippen molar-refractivity contribution >= 4 is 28.4 Å². The third-order valence-corrected chi connectivity index (χ3v) is 3.61. The Morgan fingerprint density at radius 3 is 2.55 bits per heavy atom. The van der Waals surface area contributed by atoms with Crippen molar-refractivity contribution < 1.29 is 4.92 Å². The van der Waals surface area contributed by atoms with Gasteiger partial charge in [-0.1, -0.05) is 18.2 Å². The fourth-order valence-electron chi connectivity index (χ4n) is 1.75. The molecule has 0 fully saturated rings. The molecule has 0 aliphatic heterocycles. The van der Waals surface area contributed by atoms with Gasteiger partial charge in [-0.15, -0.1) is 0 Å². The van der Waals surface area contributed by atoms with E-state index in [2.05, 4.69) is 9.97 Å². The highest BCUT2D eigenvalue weighted by atomic mass is 32.2. The highest BCUT2D eigenvalue weighted by Crippen LogP contribution is 2.27. The molecule has 0 spiro atoms. The van der Waals surface area contributed by atoms with Crippen LogP contribution in [0.5, 0.6) is 0 Å². The minimum atomic E-state index is -0.416. The largest absolute Gasteiger partial charge is 0.269 e. The highest BCUT2D eigenvalue weighted by Gasteiger charge is 2.06. The Hall–Kier alpha value is -2.47. The second-order valence-corrected chi connectivity index (χ2v) is 5.11. The predicted molar refractivity (Wildman–Crippen MR) is 76.8 cm³/mol. The summed E-state index contributed by atoms with van der Waals surface area (Å²) in [6, 6.07) is 14.1. The first kappa shape index (κ1) is 12.6. The second kappa shape index (κ2) is 5.26. The fourth-order valence-corrected chi connectivity index (χ4v) is 2.48. The van der Waals surface area contributed by atoms with Crippen molar-refractivity contribution in [3.8, 4) is 0 Å². The number of benzene rings is 2. The highest BCUT2D eigenvalue weighted by molar-refractivity contribution is 7.99. The molecule has 0 aliphatic rings. The summed E-state index contributed by atoms with van der Waals surface area (Å²) in [6.45, 7) is 0. The minimum absolute atomic E-state index is 0.0776. The summed E-state index contributed by atoms with van der Waals surface area (Å²) in [6.07, 6.45) is 1.77. The molecule has 98 valence electrons. The standard InChI is InChI=1S/C14H9N3O2S/c18-17(19)11-5-7-12(8-6-11)20-14-15-9-10-3-1-2-4-13(10)16-14/h1-9H. The van der Waals surface area contributed by atoms with Gasteiger partial charge in [0.25, 0.3) is 5.69 Å². The molecule has 1 aromatic heterocycles. The molecule has 0 bridgehead atoms. The molecule has 6 heteroatoms. The van der Waals surface area contributed by atoms with Crippen molar-refractivity contribution in [2.75, 3.05) is 0 Å². The number of nitrogens with zero attached hydrogens (tertiary/aromatic N) is 3. The van der Waals surface area contributed by atoms with Gasteiger partial charge >= 0.3 is 0 Å². The third-order valence-electron chi connectivity index (χ3n) is 2.72. The van der Waals surface area contributed by atoms with Crippen molar-refractivity contribution in [1.82, 2.24) is 9.97 Å². The maximum Gasteiger partial charge on any atom is 0.269 e. The third kappa shape index (κ3) is 2.60. The van der Waals surface area contributed by atoms with Crippen LogP contribution < -0.4 is 0 Å². The van der Waals surface area contributed by atoms with Gasteiger partial charge in [-0.2, -0.15) is 0 Å². The summed E-state index contributed by atoms with van der Waals surface area (Å²) in [5.41, 5.74) is 0.959. The summed E-state index contributed by atoms with van der Waals surface area (Å²) in [4.78, 5) is 19.8. The molecule has 0 atom stereocenters. The Balaban J connectivity index is 1.87. The van der Waals surface area contributed by atoms with E-state index < -0.39 is 4.92 Å². The molecule has 0 N–H and O–H groups in total. The number of hydrogen-bond acceptors (Lipinski definition) is 5. The number of rotatable bonds is 3. The Kier molecular flexibility index (Phi) is 3.30. The predicted octanol–water partition coefficient (Wildman–Crippen LogP) is 3.69. The van der Waals surface area contributed by atoms with E-state index in [-0.39, 0.29) is 5.69 Å². The summed E-state index contributed by atoms with van der Waals surface area (Å²) in [7, 11) is 0. The van der Waals surface area contributed by atoms with E-state index in [1.54, 1.807) is 18.3 Å². The monoisotopic (exact) mass is 283 g/mol. The molecule has 0 aliphatic carbocycles. The lowest BCUT2D eigenvalue weighted by Crippen LogP contribution is -1.88. The molecular formula is C14H9N3O2S. The average Bonchev–Trinajstić information content (AvgIpc) is 2.48. The first-order valence-corrected chi connectivity index (χ1v) is 6.68. The van der Waals surface area contributed by atoms with Gasteiger partial charge in [0, 0.05) is 28.6 Å². The van der Waals surface area contributed by atoms with Gasteiger partial charge in [0.2, 0.25) is 0 Å². The quantitative estimate of drug-likeness (QED) is 0.416. The lowest BCUT2D eigenvalue weighted by atomic mass is 10.2. The molecule has 0 saturated carbocycles. The van der Waals surface area contributed by atoms with E-state index in [1.165, 1.54) is 23.9 Å². The number of hydrogen-bond donors (Lipinski definition) is 0. The van der Waals surface area contributed by atoms with Crippen LogP contribution in [0, 0.1) is 10.1 Å². The Morgan fingerprint density at radius 1 is 1.05 bits per heavy atom. The van der Waals surface area contributed by atoms with Crippen LogP contribution in [0.1, 0.15) is 0 Å². The van der Waals surface area contributed by atoms with Crippen molar-refractivity contribution in [2.24, 2.45) is 0 Å². The van der Waals surface area contributed by atoms with Gasteiger partial charge in [-0.05, 0) is 30.0 Å². The van der Waals surface area contributed by atoms with Crippen LogP contribution in [0.3, 0.4) is 0 Å². The van der Waals surface area contributed by atoms with E-state index >= 15 is 0 Å². The lowest BCUT2D eigenvalue weighted by molar-refractivity contribution is -0.384. The van der Waals surface area contributed by atoms with E-state index in [9.17, 15) is 10.1 Å². The summed E-state index contributed by atoms with van der Waals surface area (Å²) < 4.78 is 0. The topological polar surface area (TPSA) is 68.9 Å². The summed E-state index contributed by atoms with van der Waals surface area (Å²) in [5, 5.41) is 12.2. The maximum absolute atomic E-state index is 10.6. The number of fused-ring (bicyclic) bond motifs is 1. The van der Waals surface area contributed by atoms with Crippen LogP contribution >= 0.6 is 11.8 Å². The SMILES string of the molecule is O=[N+]([O-])c1ccc(Sc2ncc3ccccc3n2)cc1. The molecule has 3 aromatic rings. The number of para-hydroxylation sites is 1. The van der Waals surface area contributed by atoms with Gasteiger partial charge < -0.3 is 0 Å². The van der Waals surface area contributed by atoms with Crippen molar-refractivity contribution in [2.45, 2.75) is 10.1 Å². The van der Waals surface area contributed by atoms with Crippen LogP contribution in [0.2, 0.25) is 0 Å². The zero-order chi connectivity index (χ0) is 13.9. The molecular weight excluding hydrogens is 274 g/mol. The summed E-state index contributed by atoms with van der Waals surface area (Å²) >= 11 is 1.38. The van der Waals surface area contributed by atoms with E-state index in [4.69, 9.17) is 0 Å². The molecule has 0 radical (unpaired) electrons. The maximum atomic E-state index is 10.6. The average molecular weight is 283 g/mol. The first-order chi connectivity index (χ1) is 9.72. The second-order valence-electron chi connectivity index (χ2n) is 4.06. The van der Waals surface area contributed by atoms with Crippen molar-refractivity contribution in [3.05, 3.63) is 64.8 Å². The molecule has 0 unspecified atom stereocenters. The zero-order valence-corrected chi connectivity index (χ0v) is 11.1. The molecule has 2 aromatic carbocycles. The Bertz CT molecular complexity index is 775. The van der Waals surface area contributed by atoms with Gasteiger partial charge in [-0.3, -0.25) is 10.1 Å². The number of non-ortho nitro benzene ring substituents is 1. The normalized spacial score (nSPS) is 10.6. The smallest absolute Gasteiger partial charge is 0.258 e. The van der Waals surface area contributed by atoms with E-state index in [0.717, 1.165) is 15.8 Å². The van der Waals surface area contributed by atoms with Crippen LogP contribution in [-0.2, 0) is 0 Å². The molecule has 3 rings (SSSR count). The number of aromatic nitrogens is 2. The molecule has 0 amide bonds. The molecule has 20 heavy (non-hydrogen) atoms. The number of nitro benzene ring substituents is 1. The van der Waals surface area contributed by atoms with Crippen LogP contribution in [-0.4, -0.2) is 14.9 Å². The number of nitro groups is 1. The van der Waals surface area contributed by atoms with Crippen LogP contribution in [0.4, 0.5) is 5.69 Å². The minimum Gasteiger partial charge on any atom is -0.258 e. The lowest BCUT2D eigenvalue weighted by Gasteiger charge is -2.01. The zero-order valence-electron chi connectivity index (χ0n) is 10.3. The van der Waals surface area contributed by atoms with Gasteiger partial charge in [0.05, 0.1) is 10.4 Å². The van der Waals surface area contributed by atoms with Crippen LogP contribution in [0.15, 0.2) is 64.8 Å².